The fourth-order valence-electron chi connectivity index (χ4n) is 1.21. The summed E-state index contributed by atoms with van der Waals surface area (Å²) in [6.45, 7) is 2.66. The number of carbonyl (C=O) groups is 1. The van der Waals surface area contributed by atoms with E-state index in [2.05, 4.69) is 0 Å². The second-order valence-corrected chi connectivity index (χ2v) is 5.15. The average molecular weight is 228 g/mol. The lowest BCUT2D eigenvalue weighted by Crippen LogP contribution is -2.12. The molecule has 0 saturated heterocycles. The predicted octanol–water partition coefficient (Wildman–Crippen LogP) is 1.32. The van der Waals surface area contributed by atoms with Crippen LogP contribution in [0.3, 0.4) is 0 Å². The van der Waals surface area contributed by atoms with Gasteiger partial charge in [0, 0.05) is 6.92 Å². The van der Waals surface area contributed by atoms with Crippen molar-refractivity contribution in [2.24, 2.45) is 0 Å². The number of sulfone groups is 1. The first-order valence-corrected chi connectivity index (χ1v) is 5.78. The molecule has 0 spiro atoms. The molecule has 0 radical (unpaired) electrons. The molecule has 15 heavy (non-hydrogen) atoms. The van der Waals surface area contributed by atoms with Crippen LogP contribution in [0.2, 0.25) is 0 Å². The van der Waals surface area contributed by atoms with Gasteiger partial charge in [0.05, 0.1) is 12.0 Å². The third kappa shape index (κ3) is 2.18. The number of benzene rings is 1. The summed E-state index contributed by atoms with van der Waals surface area (Å²) in [7, 11) is -2.33. The van der Waals surface area contributed by atoms with Gasteiger partial charge in [0.2, 0.25) is 15.0 Å². The quantitative estimate of drug-likeness (QED) is 0.766. The summed E-state index contributed by atoms with van der Waals surface area (Å²) >= 11 is 0. The first kappa shape index (κ1) is 11.7. The van der Waals surface area contributed by atoms with Crippen molar-refractivity contribution in [2.45, 2.75) is 18.7 Å². The van der Waals surface area contributed by atoms with Crippen LogP contribution in [0, 0.1) is 6.92 Å². The van der Waals surface area contributed by atoms with E-state index in [1.54, 1.807) is 13.0 Å². The van der Waals surface area contributed by atoms with Gasteiger partial charge in [-0.05, 0) is 30.7 Å². The normalized spacial score (nSPS) is 11.1. The molecule has 0 aliphatic heterocycles. The lowest BCUT2D eigenvalue weighted by molar-refractivity contribution is -0.109. The van der Waals surface area contributed by atoms with Crippen molar-refractivity contribution in [3.05, 3.63) is 23.8 Å². The van der Waals surface area contributed by atoms with Gasteiger partial charge in [0.25, 0.3) is 0 Å². The molecule has 0 fully saturated rings. The molecule has 0 aliphatic carbocycles. The first-order chi connectivity index (χ1) is 6.89. The summed E-state index contributed by atoms with van der Waals surface area (Å²) in [4.78, 5) is 11.0. The second kappa shape index (κ2) is 4.02. The standard InChI is InChI=1S/C10H12O4S/c1-7-6-9(14-3)4-5-10(7)15(12,13)8(2)11/h4-6H,1-3H3. The zero-order valence-corrected chi connectivity index (χ0v) is 9.59. The Labute approximate surface area is 88.8 Å². The third-order valence-electron chi connectivity index (χ3n) is 2.05. The van der Waals surface area contributed by atoms with Crippen molar-refractivity contribution in [2.75, 3.05) is 7.11 Å². The lowest BCUT2D eigenvalue weighted by atomic mass is 10.2. The summed E-state index contributed by atoms with van der Waals surface area (Å²) < 4.78 is 28.1. The number of rotatable bonds is 2. The van der Waals surface area contributed by atoms with Gasteiger partial charge in [0.15, 0.2) is 0 Å². The van der Waals surface area contributed by atoms with Gasteiger partial charge in [-0.1, -0.05) is 0 Å². The Kier molecular flexibility index (Phi) is 3.14. The van der Waals surface area contributed by atoms with Crippen LogP contribution in [0.25, 0.3) is 0 Å². The molecule has 0 aromatic heterocycles. The maximum Gasteiger partial charge on any atom is 0.248 e. The highest BCUT2D eigenvalue weighted by Gasteiger charge is 2.22. The average Bonchev–Trinajstić information content (AvgIpc) is 2.16. The number of hydrogen-bond donors (Lipinski definition) is 0. The molecule has 0 amide bonds. The Morgan fingerprint density at radius 1 is 1.33 bits per heavy atom. The Hall–Kier alpha value is -1.36. The van der Waals surface area contributed by atoms with Crippen LogP contribution >= 0.6 is 0 Å². The summed E-state index contributed by atoms with van der Waals surface area (Å²) in [6.07, 6.45) is 0. The smallest absolute Gasteiger partial charge is 0.248 e. The Morgan fingerprint density at radius 2 is 1.93 bits per heavy atom. The largest absolute Gasteiger partial charge is 0.497 e. The van der Waals surface area contributed by atoms with E-state index in [9.17, 15) is 13.2 Å². The third-order valence-corrected chi connectivity index (χ3v) is 3.84. The number of aryl methyl sites for hydroxylation is 1. The van der Waals surface area contributed by atoms with Crippen molar-refractivity contribution < 1.29 is 17.9 Å². The molecule has 82 valence electrons. The van der Waals surface area contributed by atoms with E-state index < -0.39 is 15.0 Å². The van der Waals surface area contributed by atoms with Gasteiger partial charge >= 0.3 is 0 Å². The Bertz CT molecular complexity index is 488. The molecule has 4 nitrogen and oxygen atoms in total. The van der Waals surface area contributed by atoms with Crippen molar-refractivity contribution >= 4 is 15.0 Å². The number of hydrogen-bond acceptors (Lipinski definition) is 4. The van der Waals surface area contributed by atoms with Crippen molar-refractivity contribution in [3.63, 3.8) is 0 Å². The Balaban J connectivity index is 3.35. The highest BCUT2D eigenvalue weighted by molar-refractivity contribution is 8.06. The molecule has 0 saturated carbocycles. The Morgan fingerprint density at radius 3 is 2.33 bits per heavy atom. The lowest BCUT2D eigenvalue weighted by Gasteiger charge is -2.06. The van der Waals surface area contributed by atoms with Crippen LogP contribution < -0.4 is 4.74 Å². The van der Waals surface area contributed by atoms with E-state index in [0.29, 0.717) is 11.3 Å². The molecule has 1 aromatic rings. The highest BCUT2D eigenvalue weighted by Crippen LogP contribution is 2.22. The number of ether oxygens (including phenoxy) is 1. The molecule has 1 rings (SSSR count). The van der Waals surface area contributed by atoms with Gasteiger partial charge < -0.3 is 4.74 Å². The van der Waals surface area contributed by atoms with Crippen molar-refractivity contribution in [1.29, 1.82) is 0 Å². The molecule has 1 aromatic carbocycles. The van der Waals surface area contributed by atoms with Crippen LogP contribution in [0.1, 0.15) is 12.5 Å². The summed E-state index contributed by atoms with van der Waals surface area (Å²) in [5.74, 6) is 0.565. The van der Waals surface area contributed by atoms with Crippen LogP contribution in [0.15, 0.2) is 23.1 Å². The van der Waals surface area contributed by atoms with Crippen molar-refractivity contribution in [1.82, 2.24) is 0 Å². The zero-order valence-electron chi connectivity index (χ0n) is 8.77. The molecule has 0 aliphatic rings. The molecule has 0 unspecified atom stereocenters. The fraction of sp³-hybridized carbons (Fsp3) is 0.300. The summed E-state index contributed by atoms with van der Waals surface area (Å²) in [5, 5.41) is -0.851. The topological polar surface area (TPSA) is 60.4 Å². The zero-order chi connectivity index (χ0) is 11.6. The first-order valence-electron chi connectivity index (χ1n) is 4.30. The van der Waals surface area contributed by atoms with E-state index in [4.69, 9.17) is 4.74 Å². The van der Waals surface area contributed by atoms with Crippen LogP contribution in [-0.2, 0) is 14.6 Å². The van der Waals surface area contributed by atoms with E-state index in [-0.39, 0.29) is 4.90 Å². The maximum absolute atomic E-state index is 11.6. The number of methoxy groups -OCH3 is 1. The fourth-order valence-corrected chi connectivity index (χ4v) is 2.24. The molecule has 0 atom stereocenters. The summed E-state index contributed by atoms with van der Waals surface area (Å²) in [5.41, 5.74) is 0.504. The van der Waals surface area contributed by atoms with E-state index >= 15 is 0 Å². The van der Waals surface area contributed by atoms with Crippen LogP contribution in [-0.4, -0.2) is 20.6 Å². The summed E-state index contributed by atoms with van der Waals surface area (Å²) in [6, 6.07) is 4.48. The van der Waals surface area contributed by atoms with Gasteiger partial charge in [-0.3, -0.25) is 4.79 Å². The van der Waals surface area contributed by atoms with Crippen LogP contribution in [0.5, 0.6) is 5.75 Å². The minimum atomic E-state index is -3.83. The predicted molar refractivity (Wildman–Crippen MR) is 55.6 cm³/mol. The van der Waals surface area contributed by atoms with E-state index in [1.165, 1.54) is 19.2 Å². The minimum absolute atomic E-state index is 0.0378. The maximum atomic E-state index is 11.6. The van der Waals surface area contributed by atoms with Gasteiger partial charge in [-0.25, -0.2) is 8.42 Å². The van der Waals surface area contributed by atoms with Gasteiger partial charge in [0.1, 0.15) is 5.75 Å². The van der Waals surface area contributed by atoms with Crippen molar-refractivity contribution in [3.8, 4) is 5.75 Å². The number of carbonyl (C=O) groups excluding carboxylic acids is 1. The van der Waals surface area contributed by atoms with E-state index in [1.807, 2.05) is 0 Å². The second-order valence-electron chi connectivity index (χ2n) is 3.13. The highest BCUT2D eigenvalue weighted by atomic mass is 32.2. The minimum Gasteiger partial charge on any atom is -0.497 e. The molecule has 0 N–H and O–H groups in total. The van der Waals surface area contributed by atoms with Gasteiger partial charge in [-0.15, -0.1) is 0 Å². The molecular formula is C10H12O4S. The monoisotopic (exact) mass is 228 g/mol. The molecule has 0 heterocycles. The van der Waals surface area contributed by atoms with E-state index in [0.717, 1.165) is 6.92 Å². The SMILES string of the molecule is COc1ccc(S(=O)(=O)C(C)=O)c(C)c1. The molecule has 0 bridgehead atoms. The molecular weight excluding hydrogens is 216 g/mol. The van der Waals surface area contributed by atoms with Crippen LogP contribution in [0.4, 0.5) is 0 Å². The molecule has 5 heteroatoms. The van der Waals surface area contributed by atoms with Gasteiger partial charge in [-0.2, -0.15) is 0 Å².